The molecule has 0 spiro atoms. The molecule has 72 valence electrons. The molecule has 0 saturated heterocycles. The van der Waals surface area contributed by atoms with Gasteiger partial charge in [-0.3, -0.25) is 4.57 Å². The highest BCUT2D eigenvalue weighted by Gasteiger charge is 2.02. The minimum absolute atomic E-state index is 0.324. The second-order valence-corrected chi connectivity index (χ2v) is 3.99. The molecule has 13 heavy (non-hydrogen) atoms. The highest BCUT2D eigenvalue weighted by Crippen LogP contribution is 2.22. The van der Waals surface area contributed by atoms with Crippen molar-refractivity contribution in [2.24, 2.45) is 0 Å². The SMILES string of the molecule is COc1ccccc1CC[PH](=O)O. The van der Waals surface area contributed by atoms with E-state index in [1.807, 2.05) is 24.3 Å². The van der Waals surface area contributed by atoms with Crippen LogP contribution in [0, 0.1) is 0 Å². The van der Waals surface area contributed by atoms with Crippen LogP contribution in [-0.4, -0.2) is 18.2 Å². The topological polar surface area (TPSA) is 46.5 Å². The van der Waals surface area contributed by atoms with Crippen LogP contribution in [0.25, 0.3) is 0 Å². The standard InChI is InChI=1S/C9H13O3P/c1-12-9-5-3-2-4-8(9)6-7-13(10)11/h2-5,13H,6-7H2,1H3,(H,10,11). The quantitative estimate of drug-likeness (QED) is 0.752. The Morgan fingerprint density at radius 3 is 2.77 bits per heavy atom. The molecule has 0 amide bonds. The van der Waals surface area contributed by atoms with Gasteiger partial charge in [-0.05, 0) is 18.1 Å². The minimum Gasteiger partial charge on any atom is -0.496 e. The van der Waals surface area contributed by atoms with E-state index < -0.39 is 8.03 Å². The van der Waals surface area contributed by atoms with Gasteiger partial charge in [0.15, 0.2) is 8.03 Å². The fourth-order valence-electron chi connectivity index (χ4n) is 1.15. The van der Waals surface area contributed by atoms with Crippen LogP contribution in [0.15, 0.2) is 24.3 Å². The molecule has 0 saturated carbocycles. The molecule has 3 nitrogen and oxygen atoms in total. The minimum atomic E-state index is -2.36. The Kier molecular flexibility index (Phi) is 4.00. The summed E-state index contributed by atoms with van der Waals surface area (Å²) in [6, 6.07) is 7.53. The second-order valence-electron chi connectivity index (χ2n) is 2.71. The van der Waals surface area contributed by atoms with E-state index >= 15 is 0 Å². The van der Waals surface area contributed by atoms with E-state index in [-0.39, 0.29) is 0 Å². The number of aryl methyl sites for hydroxylation is 1. The van der Waals surface area contributed by atoms with E-state index in [0.717, 1.165) is 11.3 Å². The largest absolute Gasteiger partial charge is 0.496 e. The fourth-order valence-corrected chi connectivity index (χ4v) is 1.63. The van der Waals surface area contributed by atoms with Crippen molar-refractivity contribution < 1.29 is 14.2 Å². The van der Waals surface area contributed by atoms with E-state index in [9.17, 15) is 4.57 Å². The van der Waals surface area contributed by atoms with Gasteiger partial charge in [-0.25, -0.2) is 0 Å². The predicted molar refractivity (Wildman–Crippen MR) is 52.8 cm³/mol. The lowest BCUT2D eigenvalue weighted by atomic mass is 10.1. The maximum absolute atomic E-state index is 10.5. The lowest BCUT2D eigenvalue weighted by Crippen LogP contribution is -1.93. The fraction of sp³-hybridized carbons (Fsp3) is 0.333. The Balaban J connectivity index is 2.69. The molecule has 1 aromatic carbocycles. The molecule has 1 rings (SSSR count). The van der Waals surface area contributed by atoms with Crippen LogP contribution in [-0.2, 0) is 11.0 Å². The van der Waals surface area contributed by atoms with Crippen molar-refractivity contribution >= 4 is 8.03 Å². The summed E-state index contributed by atoms with van der Waals surface area (Å²) in [5.41, 5.74) is 0.984. The Morgan fingerprint density at radius 2 is 2.15 bits per heavy atom. The molecule has 0 heterocycles. The third kappa shape index (κ3) is 3.21. The number of ether oxygens (including phenoxy) is 1. The number of benzene rings is 1. The zero-order chi connectivity index (χ0) is 9.68. The van der Waals surface area contributed by atoms with Gasteiger partial charge in [0.2, 0.25) is 0 Å². The van der Waals surface area contributed by atoms with E-state index in [0.29, 0.717) is 12.6 Å². The van der Waals surface area contributed by atoms with E-state index in [4.69, 9.17) is 9.63 Å². The summed E-state index contributed by atoms with van der Waals surface area (Å²) in [7, 11) is -0.764. The van der Waals surface area contributed by atoms with Crippen molar-refractivity contribution in [1.29, 1.82) is 0 Å². The van der Waals surface area contributed by atoms with Crippen LogP contribution >= 0.6 is 8.03 Å². The average molecular weight is 200 g/mol. The smallest absolute Gasteiger partial charge is 0.189 e. The third-order valence-electron chi connectivity index (χ3n) is 1.80. The van der Waals surface area contributed by atoms with Gasteiger partial charge in [0, 0.05) is 6.16 Å². The molecule has 0 bridgehead atoms. The number of para-hydroxylation sites is 1. The first-order valence-electron chi connectivity index (χ1n) is 4.07. The summed E-state index contributed by atoms with van der Waals surface area (Å²) in [5.74, 6) is 0.783. The summed E-state index contributed by atoms with van der Waals surface area (Å²) in [4.78, 5) is 8.68. The van der Waals surface area contributed by atoms with Gasteiger partial charge in [-0.2, -0.15) is 0 Å². The summed E-state index contributed by atoms with van der Waals surface area (Å²) >= 11 is 0. The lowest BCUT2D eigenvalue weighted by Gasteiger charge is -2.06. The molecule has 0 aliphatic heterocycles. The van der Waals surface area contributed by atoms with E-state index in [2.05, 4.69) is 0 Å². The molecule has 0 radical (unpaired) electrons. The highest BCUT2D eigenvalue weighted by molar-refractivity contribution is 7.37. The molecule has 1 N–H and O–H groups in total. The Hall–Kier alpha value is -0.790. The van der Waals surface area contributed by atoms with E-state index in [1.54, 1.807) is 7.11 Å². The summed E-state index contributed by atoms with van der Waals surface area (Å²) in [6.45, 7) is 0. The van der Waals surface area contributed by atoms with Crippen LogP contribution < -0.4 is 4.74 Å². The molecular weight excluding hydrogens is 187 g/mol. The van der Waals surface area contributed by atoms with Gasteiger partial charge in [0.1, 0.15) is 5.75 Å². The lowest BCUT2D eigenvalue weighted by molar-refractivity contribution is 0.410. The number of methoxy groups -OCH3 is 1. The van der Waals surface area contributed by atoms with Crippen LogP contribution in [0.5, 0.6) is 5.75 Å². The van der Waals surface area contributed by atoms with Crippen molar-refractivity contribution in [3.05, 3.63) is 29.8 Å². The van der Waals surface area contributed by atoms with Crippen LogP contribution in [0.1, 0.15) is 5.56 Å². The molecule has 0 aliphatic rings. The Morgan fingerprint density at radius 1 is 1.46 bits per heavy atom. The highest BCUT2D eigenvalue weighted by atomic mass is 31.1. The van der Waals surface area contributed by atoms with Gasteiger partial charge in [0.05, 0.1) is 7.11 Å². The Bertz CT molecular complexity index is 299. The zero-order valence-electron chi connectivity index (χ0n) is 7.49. The molecule has 4 heteroatoms. The number of rotatable bonds is 4. The van der Waals surface area contributed by atoms with Gasteiger partial charge in [-0.1, -0.05) is 18.2 Å². The first kappa shape index (κ1) is 10.3. The first-order valence-corrected chi connectivity index (χ1v) is 5.64. The van der Waals surface area contributed by atoms with Crippen molar-refractivity contribution in [3.63, 3.8) is 0 Å². The van der Waals surface area contributed by atoms with Crippen LogP contribution in [0.4, 0.5) is 0 Å². The molecule has 1 unspecified atom stereocenters. The van der Waals surface area contributed by atoms with Crippen LogP contribution in [0.2, 0.25) is 0 Å². The molecule has 0 fully saturated rings. The average Bonchev–Trinajstić information content (AvgIpc) is 2.15. The number of hydrogen-bond acceptors (Lipinski definition) is 2. The van der Waals surface area contributed by atoms with Gasteiger partial charge < -0.3 is 9.63 Å². The summed E-state index contributed by atoms with van der Waals surface area (Å²) in [6.07, 6.45) is 0.920. The Labute approximate surface area is 78.2 Å². The third-order valence-corrected chi connectivity index (χ3v) is 2.48. The normalized spacial score (nSPS) is 12.5. The van der Waals surface area contributed by atoms with Crippen LogP contribution in [0.3, 0.4) is 0 Å². The van der Waals surface area contributed by atoms with Gasteiger partial charge in [0.25, 0.3) is 0 Å². The summed E-state index contributed by atoms with van der Waals surface area (Å²) < 4.78 is 15.6. The zero-order valence-corrected chi connectivity index (χ0v) is 8.49. The van der Waals surface area contributed by atoms with Crippen molar-refractivity contribution in [1.82, 2.24) is 0 Å². The molecular formula is C9H13O3P. The maximum atomic E-state index is 10.5. The van der Waals surface area contributed by atoms with Crippen molar-refractivity contribution in [2.75, 3.05) is 13.3 Å². The molecule has 0 aromatic heterocycles. The predicted octanol–water partition coefficient (Wildman–Crippen LogP) is 1.70. The number of hydrogen-bond donors (Lipinski definition) is 1. The van der Waals surface area contributed by atoms with Gasteiger partial charge >= 0.3 is 0 Å². The van der Waals surface area contributed by atoms with Crippen molar-refractivity contribution in [3.8, 4) is 5.75 Å². The van der Waals surface area contributed by atoms with Gasteiger partial charge in [-0.15, -0.1) is 0 Å². The van der Waals surface area contributed by atoms with E-state index in [1.165, 1.54) is 0 Å². The molecule has 1 atom stereocenters. The molecule has 1 aromatic rings. The second kappa shape index (κ2) is 5.05. The monoisotopic (exact) mass is 200 g/mol. The summed E-state index contributed by atoms with van der Waals surface area (Å²) in [5, 5.41) is 0. The maximum Gasteiger partial charge on any atom is 0.189 e. The van der Waals surface area contributed by atoms with Crippen molar-refractivity contribution in [2.45, 2.75) is 6.42 Å². The first-order chi connectivity index (χ1) is 6.24. The molecule has 0 aliphatic carbocycles.